The quantitative estimate of drug-likeness (QED) is 0.471. The smallest absolute Gasteiger partial charge is 0.148 e. The number of Topliss-reactive ketones (excluding diaryl/α,β-unsaturated/α-hetero) is 1. The lowest BCUT2D eigenvalue weighted by Crippen LogP contribution is -2.35. The number of unbranched alkanes of at least 4 members (excludes halogenated alkanes) is 2. The Bertz CT molecular complexity index is 503. The molecule has 0 unspecified atom stereocenters. The first-order chi connectivity index (χ1) is 10.2. The Morgan fingerprint density at radius 1 is 1.14 bits per heavy atom. The summed E-state index contributed by atoms with van der Waals surface area (Å²) in [7, 11) is -2.68. The predicted molar refractivity (Wildman–Crippen MR) is 98.7 cm³/mol. The summed E-state index contributed by atoms with van der Waals surface area (Å²) in [6, 6.07) is 8.56. The molecule has 0 bridgehead atoms. The van der Waals surface area contributed by atoms with Crippen molar-refractivity contribution in [2.24, 2.45) is 0 Å². The molecule has 0 aliphatic heterocycles. The molecular weight excluding hydrogens is 308 g/mol. The number of hydrogen-bond donors (Lipinski definition) is 0. The summed E-state index contributed by atoms with van der Waals surface area (Å²) >= 11 is 0. The lowest BCUT2D eigenvalue weighted by atomic mass is 10.1. The largest absolute Gasteiger partial charge is 0.298 e. The maximum Gasteiger partial charge on any atom is 0.148 e. The Labute approximate surface area is 139 Å². The SMILES string of the molecule is CCCCCC(=O)[C@H](C[Si](C)(C)C)[S@@](=O)c1ccc(C)cc1. The molecule has 124 valence electrons. The van der Waals surface area contributed by atoms with Crippen LogP contribution in [0.4, 0.5) is 0 Å². The maximum atomic E-state index is 12.9. The van der Waals surface area contributed by atoms with Crippen LogP contribution < -0.4 is 0 Å². The average molecular weight is 339 g/mol. The van der Waals surface area contributed by atoms with Crippen LogP contribution in [0.15, 0.2) is 29.2 Å². The van der Waals surface area contributed by atoms with Gasteiger partial charge in [0.15, 0.2) is 0 Å². The number of hydrogen-bond acceptors (Lipinski definition) is 2. The van der Waals surface area contributed by atoms with Gasteiger partial charge in [-0.3, -0.25) is 9.00 Å². The molecule has 2 nitrogen and oxygen atoms in total. The van der Waals surface area contributed by atoms with Crippen LogP contribution in [0.5, 0.6) is 0 Å². The molecule has 22 heavy (non-hydrogen) atoms. The Hall–Kier alpha value is -0.743. The zero-order valence-electron chi connectivity index (χ0n) is 14.6. The van der Waals surface area contributed by atoms with Crippen molar-refractivity contribution in [3.8, 4) is 0 Å². The molecule has 0 aliphatic rings. The lowest BCUT2D eigenvalue weighted by molar-refractivity contribution is -0.118. The maximum absolute atomic E-state index is 12.9. The summed E-state index contributed by atoms with van der Waals surface area (Å²) in [5.41, 5.74) is 1.15. The third kappa shape index (κ3) is 6.57. The summed E-state index contributed by atoms with van der Waals surface area (Å²) in [5, 5.41) is -0.328. The fraction of sp³-hybridized carbons (Fsp3) is 0.611. The van der Waals surface area contributed by atoms with Crippen LogP contribution >= 0.6 is 0 Å². The minimum atomic E-state index is -1.45. The Morgan fingerprint density at radius 3 is 2.23 bits per heavy atom. The molecule has 0 saturated heterocycles. The van der Waals surface area contributed by atoms with Crippen molar-refractivity contribution < 1.29 is 9.00 Å². The molecular formula is C18H30O2SSi. The summed E-state index contributed by atoms with van der Waals surface area (Å²) < 4.78 is 12.9. The molecule has 0 radical (unpaired) electrons. The van der Waals surface area contributed by atoms with Crippen LogP contribution in [0.1, 0.15) is 38.2 Å². The van der Waals surface area contributed by atoms with E-state index in [1.54, 1.807) is 0 Å². The van der Waals surface area contributed by atoms with Crippen LogP contribution in [0.25, 0.3) is 0 Å². The highest BCUT2D eigenvalue weighted by molar-refractivity contribution is 7.86. The molecule has 0 fully saturated rings. The van der Waals surface area contributed by atoms with E-state index in [0.717, 1.165) is 35.8 Å². The highest BCUT2D eigenvalue weighted by atomic mass is 32.2. The molecule has 0 amide bonds. The van der Waals surface area contributed by atoms with E-state index in [-0.39, 0.29) is 11.0 Å². The van der Waals surface area contributed by atoms with Crippen LogP contribution in [0, 0.1) is 6.92 Å². The van der Waals surface area contributed by atoms with Gasteiger partial charge in [-0.15, -0.1) is 0 Å². The van der Waals surface area contributed by atoms with Crippen molar-refractivity contribution in [1.29, 1.82) is 0 Å². The minimum absolute atomic E-state index is 0.190. The van der Waals surface area contributed by atoms with Gasteiger partial charge >= 0.3 is 0 Å². The van der Waals surface area contributed by atoms with Crippen molar-refractivity contribution in [2.45, 2.75) is 75.4 Å². The van der Waals surface area contributed by atoms with Crippen molar-refractivity contribution in [3.05, 3.63) is 29.8 Å². The van der Waals surface area contributed by atoms with Crippen LogP contribution in [0.2, 0.25) is 25.7 Å². The van der Waals surface area contributed by atoms with Crippen LogP contribution in [-0.4, -0.2) is 23.3 Å². The Balaban J connectivity index is 2.91. The van der Waals surface area contributed by atoms with Gasteiger partial charge in [-0.2, -0.15) is 0 Å². The zero-order chi connectivity index (χ0) is 16.8. The zero-order valence-corrected chi connectivity index (χ0v) is 16.5. The highest BCUT2D eigenvalue weighted by Crippen LogP contribution is 2.23. The van der Waals surface area contributed by atoms with Gasteiger partial charge in [-0.05, 0) is 31.5 Å². The van der Waals surface area contributed by atoms with E-state index >= 15 is 0 Å². The van der Waals surface area contributed by atoms with E-state index in [2.05, 4.69) is 26.6 Å². The number of benzene rings is 1. The first-order valence-electron chi connectivity index (χ1n) is 8.24. The summed E-state index contributed by atoms with van der Waals surface area (Å²) in [5.74, 6) is 0.190. The number of carbonyl (C=O) groups excluding carboxylic acids is 1. The van der Waals surface area contributed by atoms with Gasteiger partial charge in [0.25, 0.3) is 0 Å². The first-order valence-corrected chi connectivity index (χ1v) is 13.2. The first kappa shape index (κ1) is 19.3. The molecule has 0 saturated carbocycles. The molecule has 2 atom stereocenters. The van der Waals surface area contributed by atoms with Gasteiger partial charge in [-0.1, -0.05) is 57.1 Å². The molecule has 4 heteroatoms. The summed E-state index contributed by atoms with van der Waals surface area (Å²) in [4.78, 5) is 13.4. The Kier molecular flexibility index (Phi) is 7.70. The number of aryl methyl sites for hydroxylation is 1. The van der Waals surface area contributed by atoms with Crippen molar-refractivity contribution in [3.63, 3.8) is 0 Å². The molecule has 1 aromatic carbocycles. The van der Waals surface area contributed by atoms with E-state index in [0.29, 0.717) is 6.42 Å². The van der Waals surface area contributed by atoms with E-state index in [9.17, 15) is 9.00 Å². The fourth-order valence-corrected chi connectivity index (χ4v) is 6.95. The van der Waals surface area contributed by atoms with Crippen LogP contribution in [0.3, 0.4) is 0 Å². The Morgan fingerprint density at radius 2 is 1.73 bits per heavy atom. The van der Waals surface area contributed by atoms with E-state index in [1.165, 1.54) is 0 Å². The highest BCUT2D eigenvalue weighted by Gasteiger charge is 2.31. The lowest BCUT2D eigenvalue weighted by Gasteiger charge is -2.23. The minimum Gasteiger partial charge on any atom is -0.298 e. The monoisotopic (exact) mass is 338 g/mol. The number of ketones is 1. The van der Waals surface area contributed by atoms with E-state index in [4.69, 9.17) is 0 Å². The summed E-state index contributed by atoms with van der Waals surface area (Å²) in [6.45, 7) is 10.9. The van der Waals surface area contributed by atoms with E-state index in [1.807, 2.05) is 31.2 Å². The van der Waals surface area contributed by atoms with E-state index < -0.39 is 18.9 Å². The average Bonchev–Trinajstić information content (AvgIpc) is 2.44. The van der Waals surface area contributed by atoms with Crippen molar-refractivity contribution in [1.82, 2.24) is 0 Å². The van der Waals surface area contributed by atoms with Gasteiger partial charge in [0.1, 0.15) is 5.78 Å². The van der Waals surface area contributed by atoms with Crippen LogP contribution in [-0.2, 0) is 15.6 Å². The summed E-state index contributed by atoms with van der Waals surface area (Å²) in [6.07, 6.45) is 3.67. The second-order valence-electron chi connectivity index (χ2n) is 7.29. The topological polar surface area (TPSA) is 34.1 Å². The number of carbonyl (C=O) groups is 1. The molecule has 0 aromatic heterocycles. The second-order valence-corrected chi connectivity index (χ2v) is 14.5. The molecule has 1 rings (SSSR count). The van der Waals surface area contributed by atoms with Gasteiger partial charge in [0, 0.05) is 19.4 Å². The van der Waals surface area contributed by atoms with Crippen molar-refractivity contribution in [2.75, 3.05) is 0 Å². The fourth-order valence-electron chi connectivity index (χ4n) is 2.41. The van der Waals surface area contributed by atoms with Gasteiger partial charge in [0.2, 0.25) is 0 Å². The normalized spacial score (nSPS) is 14.6. The van der Waals surface area contributed by atoms with Gasteiger partial charge in [0.05, 0.1) is 16.0 Å². The van der Waals surface area contributed by atoms with Gasteiger partial charge in [-0.25, -0.2) is 0 Å². The molecule has 1 aromatic rings. The molecule has 0 spiro atoms. The van der Waals surface area contributed by atoms with Crippen molar-refractivity contribution >= 4 is 24.7 Å². The molecule has 0 aliphatic carbocycles. The third-order valence-electron chi connectivity index (χ3n) is 3.70. The predicted octanol–water partition coefficient (Wildman–Crippen LogP) is 4.96. The molecule has 0 N–H and O–H groups in total. The third-order valence-corrected chi connectivity index (χ3v) is 7.31. The van der Waals surface area contributed by atoms with Gasteiger partial charge < -0.3 is 0 Å². The standard InChI is InChI=1S/C18H30O2SSi/c1-6-7-8-9-17(19)18(14-22(3,4)5)21(20)16-12-10-15(2)11-13-16/h10-13,18H,6-9,14H2,1-5H3/t18-,21-/m0/s1. The molecule has 0 heterocycles. The number of rotatable bonds is 9. The second kappa shape index (κ2) is 8.78.